The summed E-state index contributed by atoms with van der Waals surface area (Å²) in [7, 11) is 0. The van der Waals surface area contributed by atoms with E-state index in [9.17, 15) is 4.79 Å². The molecule has 0 spiro atoms. The lowest BCUT2D eigenvalue weighted by Crippen LogP contribution is -2.31. The average Bonchev–Trinajstić information content (AvgIpc) is 2.29. The molecule has 0 bridgehead atoms. The van der Waals surface area contributed by atoms with Crippen molar-refractivity contribution in [1.82, 2.24) is 4.90 Å². The van der Waals surface area contributed by atoms with Gasteiger partial charge in [0.05, 0.1) is 13.2 Å². The molecule has 0 aromatic carbocycles. The molecular weight excluding hydrogens is 218 g/mol. The van der Waals surface area contributed by atoms with E-state index in [0.717, 1.165) is 31.5 Å². The highest BCUT2D eigenvalue weighted by Crippen LogP contribution is 2.19. The summed E-state index contributed by atoms with van der Waals surface area (Å²) in [5.41, 5.74) is 0.999. The molecule has 1 saturated heterocycles. The standard InChI is InChI=1S/C13H23NO3/c1-11(2)10-17-13(16)9-12-5-3-4-6-14(12)7-8-15/h9,11,15H,3-8,10H2,1-2H3/b12-9-. The van der Waals surface area contributed by atoms with Crippen molar-refractivity contribution in [2.24, 2.45) is 5.92 Å². The summed E-state index contributed by atoms with van der Waals surface area (Å²) in [4.78, 5) is 13.6. The first-order valence-corrected chi connectivity index (χ1v) is 6.36. The Labute approximate surface area is 103 Å². The Morgan fingerprint density at radius 3 is 2.94 bits per heavy atom. The number of likely N-dealkylation sites (tertiary alicyclic amines) is 1. The van der Waals surface area contributed by atoms with Crippen LogP contribution < -0.4 is 0 Å². The van der Waals surface area contributed by atoms with Gasteiger partial charge in [0, 0.05) is 24.9 Å². The van der Waals surface area contributed by atoms with Crippen molar-refractivity contribution in [2.45, 2.75) is 33.1 Å². The first-order valence-electron chi connectivity index (χ1n) is 6.36. The second-order valence-electron chi connectivity index (χ2n) is 4.83. The van der Waals surface area contributed by atoms with E-state index < -0.39 is 0 Å². The number of rotatable bonds is 5. The van der Waals surface area contributed by atoms with Crippen LogP contribution in [0.4, 0.5) is 0 Å². The van der Waals surface area contributed by atoms with Crippen molar-refractivity contribution < 1.29 is 14.6 Å². The number of hydrogen-bond donors (Lipinski definition) is 1. The number of allylic oxidation sites excluding steroid dienone is 1. The molecule has 1 rings (SSSR count). The molecule has 1 aliphatic heterocycles. The molecular formula is C13H23NO3. The number of piperidine rings is 1. The van der Waals surface area contributed by atoms with Gasteiger partial charge in [-0.15, -0.1) is 0 Å². The van der Waals surface area contributed by atoms with Crippen LogP contribution in [0.3, 0.4) is 0 Å². The number of esters is 1. The number of carbonyl (C=O) groups excluding carboxylic acids is 1. The monoisotopic (exact) mass is 241 g/mol. The zero-order valence-corrected chi connectivity index (χ0v) is 10.8. The Balaban J connectivity index is 2.51. The van der Waals surface area contributed by atoms with E-state index in [1.54, 1.807) is 6.08 Å². The molecule has 0 radical (unpaired) electrons. The predicted octanol–water partition coefficient (Wildman–Crippen LogP) is 1.55. The summed E-state index contributed by atoms with van der Waals surface area (Å²) >= 11 is 0. The summed E-state index contributed by atoms with van der Waals surface area (Å²) < 4.78 is 5.13. The van der Waals surface area contributed by atoms with Crippen molar-refractivity contribution >= 4 is 5.97 Å². The van der Waals surface area contributed by atoms with Crippen molar-refractivity contribution in [3.63, 3.8) is 0 Å². The summed E-state index contributed by atoms with van der Waals surface area (Å²) in [6.45, 7) is 6.13. The third kappa shape index (κ3) is 5.22. The van der Waals surface area contributed by atoms with Crippen LogP contribution in [0.2, 0.25) is 0 Å². The van der Waals surface area contributed by atoms with E-state index in [-0.39, 0.29) is 12.6 Å². The van der Waals surface area contributed by atoms with E-state index in [0.29, 0.717) is 19.1 Å². The molecule has 0 amide bonds. The van der Waals surface area contributed by atoms with Crippen molar-refractivity contribution in [3.8, 4) is 0 Å². The predicted molar refractivity (Wildman–Crippen MR) is 66.4 cm³/mol. The average molecular weight is 241 g/mol. The van der Waals surface area contributed by atoms with Gasteiger partial charge in [0.25, 0.3) is 0 Å². The van der Waals surface area contributed by atoms with Gasteiger partial charge in [-0.25, -0.2) is 4.79 Å². The minimum absolute atomic E-state index is 0.123. The van der Waals surface area contributed by atoms with Crippen LogP contribution in [0.5, 0.6) is 0 Å². The Bertz CT molecular complexity index is 272. The number of aliphatic hydroxyl groups is 1. The number of β-amino-alcohol motifs (C(OH)–C–C–N with tert-alkyl or cyclic N) is 1. The zero-order valence-electron chi connectivity index (χ0n) is 10.8. The molecule has 0 aromatic rings. The third-order valence-corrected chi connectivity index (χ3v) is 2.73. The van der Waals surface area contributed by atoms with Gasteiger partial charge < -0.3 is 14.7 Å². The van der Waals surface area contributed by atoms with E-state index >= 15 is 0 Å². The zero-order chi connectivity index (χ0) is 12.7. The Hall–Kier alpha value is -1.03. The SMILES string of the molecule is CC(C)COC(=O)/C=C1/CCCCN1CCO. The van der Waals surface area contributed by atoms with Gasteiger partial charge in [0.15, 0.2) is 0 Å². The largest absolute Gasteiger partial charge is 0.462 e. The summed E-state index contributed by atoms with van der Waals surface area (Å²) in [6, 6.07) is 0. The number of ether oxygens (including phenoxy) is 1. The van der Waals surface area contributed by atoms with Crippen LogP contribution in [-0.2, 0) is 9.53 Å². The highest BCUT2D eigenvalue weighted by molar-refractivity contribution is 5.82. The Morgan fingerprint density at radius 2 is 2.29 bits per heavy atom. The highest BCUT2D eigenvalue weighted by atomic mass is 16.5. The fourth-order valence-electron chi connectivity index (χ4n) is 1.88. The fourth-order valence-corrected chi connectivity index (χ4v) is 1.88. The minimum Gasteiger partial charge on any atom is -0.462 e. The van der Waals surface area contributed by atoms with Gasteiger partial charge >= 0.3 is 5.97 Å². The van der Waals surface area contributed by atoms with Crippen LogP contribution in [0.15, 0.2) is 11.8 Å². The molecule has 1 N–H and O–H groups in total. The van der Waals surface area contributed by atoms with Gasteiger partial charge in [-0.2, -0.15) is 0 Å². The number of nitrogens with zero attached hydrogens (tertiary/aromatic N) is 1. The van der Waals surface area contributed by atoms with Gasteiger partial charge in [-0.05, 0) is 25.2 Å². The molecule has 0 atom stereocenters. The fraction of sp³-hybridized carbons (Fsp3) is 0.769. The first-order chi connectivity index (χ1) is 8.13. The number of carbonyl (C=O) groups is 1. The molecule has 17 heavy (non-hydrogen) atoms. The molecule has 0 aromatic heterocycles. The van der Waals surface area contributed by atoms with Crippen LogP contribution in [0.25, 0.3) is 0 Å². The Kier molecular flexibility index (Phi) is 6.05. The quantitative estimate of drug-likeness (QED) is 0.586. The van der Waals surface area contributed by atoms with Crippen molar-refractivity contribution in [2.75, 3.05) is 26.3 Å². The van der Waals surface area contributed by atoms with E-state index in [2.05, 4.69) is 4.90 Å². The van der Waals surface area contributed by atoms with Crippen LogP contribution in [0, 0.1) is 5.92 Å². The molecule has 98 valence electrons. The summed E-state index contributed by atoms with van der Waals surface area (Å²) in [5, 5.41) is 8.96. The second-order valence-corrected chi connectivity index (χ2v) is 4.83. The lowest BCUT2D eigenvalue weighted by molar-refractivity contribution is -0.138. The molecule has 4 nitrogen and oxygen atoms in total. The molecule has 0 unspecified atom stereocenters. The maximum absolute atomic E-state index is 11.6. The molecule has 1 heterocycles. The van der Waals surface area contributed by atoms with Crippen LogP contribution in [0.1, 0.15) is 33.1 Å². The number of aliphatic hydroxyl groups excluding tert-OH is 1. The minimum atomic E-state index is -0.265. The molecule has 0 saturated carbocycles. The van der Waals surface area contributed by atoms with Gasteiger partial charge in [0.1, 0.15) is 0 Å². The lowest BCUT2D eigenvalue weighted by Gasteiger charge is -2.30. The Morgan fingerprint density at radius 1 is 1.53 bits per heavy atom. The molecule has 1 fully saturated rings. The normalized spacial score (nSPS) is 18.8. The maximum Gasteiger partial charge on any atom is 0.332 e. The summed E-state index contributed by atoms with van der Waals surface area (Å²) in [5.74, 6) is 0.0933. The lowest BCUT2D eigenvalue weighted by atomic mass is 10.1. The van der Waals surface area contributed by atoms with Gasteiger partial charge in [-0.1, -0.05) is 13.8 Å². The van der Waals surface area contributed by atoms with E-state index in [1.165, 1.54) is 0 Å². The highest BCUT2D eigenvalue weighted by Gasteiger charge is 2.15. The van der Waals surface area contributed by atoms with E-state index in [1.807, 2.05) is 13.8 Å². The summed E-state index contributed by atoms with van der Waals surface area (Å²) in [6.07, 6.45) is 4.71. The van der Waals surface area contributed by atoms with Crippen molar-refractivity contribution in [3.05, 3.63) is 11.8 Å². The molecule has 0 aliphatic carbocycles. The first kappa shape index (κ1) is 14.0. The van der Waals surface area contributed by atoms with Gasteiger partial charge in [0.2, 0.25) is 0 Å². The maximum atomic E-state index is 11.6. The van der Waals surface area contributed by atoms with Crippen LogP contribution >= 0.6 is 0 Å². The van der Waals surface area contributed by atoms with Crippen LogP contribution in [-0.4, -0.2) is 42.3 Å². The van der Waals surface area contributed by atoms with Crippen molar-refractivity contribution in [1.29, 1.82) is 0 Å². The molecule has 4 heteroatoms. The second kappa shape index (κ2) is 7.33. The van der Waals surface area contributed by atoms with Gasteiger partial charge in [-0.3, -0.25) is 0 Å². The third-order valence-electron chi connectivity index (χ3n) is 2.73. The number of hydrogen-bond acceptors (Lipinski definition) is 4. The molecule has 1 aliphatic rings. The smallest absolute Gasteiger partial charge is 0.332 e. The topological polar surface area (TPSA) is 49.8 Å². The van der Waals surface area contributed by atoms with E-state index in [4.69, 9.17) is 9.84 Å².